The number of carboxylic acids is 3. The number of ketones is 2. The van der Waals surface area contributed by atoms with Crippen LogP contribution in [-0.4, -0.2) is 44.8 Å². The molecule has 0 aromatic heterocycles. The number of carbonyl (C=O) groups excluding carboxylic acids is 2. The van der Waals surface area contributed by atoms with Gasteiger partial charge in [-0.2, -0.15) is 0 Å². The minimum absolute atomic E-state index is 0.425. The molecule has 0 saturated heterocycles. The van der Waals surface area contributed by atoms with E-state index in [4.69, 9.17) is 15.3 Å². The monoisotopic (exact) mass is 234 g/mol. The van der Waals surface area contributed by atoms with E-state index in [-0.39, 0.29) is 0 Å². The molecule has 0 radical (unpaired) electrons. The molecule has 0 amide bonds. The second-order valence-electron chi connectivity index (χ2n) is 2.48. The van der Waals surface area contributed by atoms with Gasteiger partial charge < -0.3 is 15.3 Å². The predicted molar refractivity (Wildman–Crippen MR) is 47.8 cm³/mol. The molecule has 0 unspecified atom stereocenters. The van der Waals surface area contributed by atoms with Gasteiger partial charge in [-0.05, 0) is 0 Å². The van der Waals surface area contributed by atoms with Gasteiger partial charge in [0.15, 0.2) is 0 Å². The Hall–Kier alpha value is -2.25. The average Bonchev–Trinajstić information content (AvgIpc) is 2.14. The fourth-order valence-corrected chi connectivity index (χ4v) is 0.327. The molecule has 8 nitrogen and oxygen atoms in total. The van der Waals surface area contributed by atoms with Gasteiger partial charge in [0, 0.05) is 13.3 Å². The van der Waals surface area contributed by atoms with Crippen LogP contribution in [0.15, 0.2) is 0 Å². The molecule has 0 spiro atoms. The third-order valence-corrected chi connectivity index (χ3v) is 1.11. The van der Waals surface area contributed by atoms with E-state index in [1.54, 1.807) is 0 Å². The molecule has 90 valence electrons. The third kappa shape index (κ3) is 11.8. The molecule has 16 heavy (non-hydrogen) atoms. The molecule has 0 aromatic rings. The molecule has 0 aliphatic carbocycles. The molecule has 0 fully saturated rings. The molecule has 0 heterocycles. The SMILES string of the molecule is CC(=O)C(=O)O.O=C(O)CCC(=O)C(=O)O. The predicted octanol–water partition coefficient (Wildman–Crippen LogP) is -0.835. The first-order valence-electron chi connectivity index (χ1n) is 3.90. The van der Waals surface area contributed by atoms with Gasteiger partial charge >= 0.3 is 17.9 Å². The van der Waals surface area contributed by atoms with Gasteiger partial charge in [-0.3, -0.25) is 14.4 Å². The van der Waals surface area contributed by atoms with E-state index in [9.17, 15) is 24.0 Å². The maximum atomic E-state index is 10.2. The van der Waals surface area contributed by atoms with Gasteiger partial charge in [-0.15, -0.1) is 0 Å². The van der Waals surface area contributed by atoms with Crippen LogP contribution in [0.1, 0.15) is 19.8 Å². The number of rotatable bonds is 5. The first-order valence-corrected chi connectivity index (χ1v) is 3.90. The number of carboxylic acid groups (broad SMARTS) is 3. The molecule has 0 aliphatic rings. The summed E-state index contributed by atoms with van der Waals surface area (Å²) in [5.41, 5.74) is 0. The fraction of sp³-hybridized carbons (Fsp3) is 0.375. The Morgan fingerprint density at radius 1 is 0.812 bits per heavy atom. The summed E-state index contributed by atoms with van der Waals surface area (Å²) in [6, 6.07) is 0. The zero-order valence-corrected chi connectivity index (χ0v) is 8.30. The number of Topliss-reactive ketones (excluding diaryl/α,β-unsaturated/α-hetero) is 2. The zero-order chi connectivity index (χ0) is 13.3. The van der Waals surface area contributed by atoms with Gasteiger partial charge in [0.05, 0.1) is 6.42 Å². The molecule has 3 N–H and O–H groups in total. The van der Waals surface area contributed by atoms with Crippen LogP contribution in [0.25, 0.3) is 0 Å². The molecule has 0 aliphatic heterocycles. The van der Waals surface area contributed by atoms with Gasteiger partial charge in [-0.1, -0.05) is 0 Å². The van der Waals surface area contributed by atoms with Crippen molar-refractivity contribution in [3.8, 4) is 0 Å². The van der Waals surface area contributed by atoms with Crippen molar-refractivity contribution in [1.82, 2.24) is 0 Å². The lowest BCUT2D eigenvalue weighted by Gasteiger charge is -1.88. The van der Waals surface area contributed by atoms with Crippen molar-refractivity contribution < 1.29 is 39.3 Å². The molecular formula is C8H10O8. The second kappa shape index (κ2) is 8.09. The summed E-state index contributed by atoms with van der Waals surface area (Å²) in [6.45, 7) is 1.00. The lowest BCUT2D eigenvalue weighted by molar-refractivity contribution is -0.149. The largest absolute Gasteiger partial charge is 0.481 e. The maximum Gasteiger partial charge on any atom is 0.372 e. The molecule has 0 atom stereocenters. The van der Waals surface area contributed by atoms with E-state index in [1.807, 2.05) is 0 Å². The Labute approximate surface area is 89.5 Å². The standard InChI is InChI=1S/C5H6O5.C3H4O3/c6-3(5(9)10)1-2-4(7)8;1-2(4)3(5)6/h1-2H2,(H,7,8)(H,9,10);1H3,(H,5,6). The van der Waals surface area contributed by atoms with Crippen molar-refractivity contribution >= 4 is 29.5 Å². The molecule has 0 aromatic carbocycles. The second-order valence-corrected chi connectivity index (χ2v) is 2.48. The van der Waals surface area contributed by atoms with Crippen LogP contribution in [0.4, 0.5) is 0 Å². The number of aliphatic carboxylic acids is 3. The van der Waals surface area contributed by atoms with E-state index < -0.39 is 42.3 Å². The minimum Gasteiger partial charge on any atom is -0.481 e. The quantitative estimate of drug-likeness (QED) is 0.522. The Morgan fingerprint density at radius 3 is 1.38 bits per heavy atom. The average molecular weight is 234 g/mol. The highest BCUT2D eigenvalue weighted by Gasteiger charge is 2.12. The van der Waals surface area contributed by atoms with Crippen molar-refractivity contribution in [2.24, 2.45) is 0 Å². The van der Waals surface area contributed by atoms with E-state index in [2.05, 4.69) is 0 Å². The third-order valence-electron chi connectivity index (χ3n) is 1.11. The van der Waals surface area contributed by atoms with Crippen LogP contribution in [-0.2, 0) is 24.0 Å². The van der Waals surface area contributed by atoms with E-state index >= 15 is 0 Å². The van der Waals surface area contributed by atoms with Crippen LogP contribution in [0.3, 0.4) is 0 Å². The van der Waals surface area contributed by atoms with Crippen LogP contribution in [0.5, 0.6) is 0 Å². The summed E-state index contributed by atoms with van der Waals surface area (Å²) >= 11 is 0. The summed E-state index contributed by atoms with van der Waals surface area (Å²) < 4.78 is 0. The first kappa shape index (κ1) is 16.2. The van der Waals surface area contributed by atoms with Gasteiger partial charge in [-0.25, -0.2) is 9.59 Å². The fourth-order valence-electron chi connectivity index (χ4n) is 0.327. The van der Waals surface area contributed by atoms with Crippen LogP contribution >= 0.6 is 0 Å². The Balaban J connectivity index is 0. The molecule has 0 saturated carbocycles. The molecular weight excluding hydrogens is 224 g/mol. The van der Waals surface area contributed by atoms with E-state index in [1.165, 1.54) is 0 Å². The van der Waals surface area contributed by atoms with Crippen LogP contribution < -0.4 is 0 Å². The summed E-state index contributed by atoms with van der Waals surface area (Å²) in [5, 5.41) is 23.6. The smallest absolute Gasteiger partial charge is 0.372 e. The molecule has 8 heteroatoms. The minimum atomic E-state index is -1.58. The zero-order valence-electron chi connectivity index (χ0n) is 8.30. The van der Waals surface area contributed by atoms with Crippen molar-refractivity contribution in [2.45, 2.75) is 19.8 Å². The lowest BCUT2D eigenvalue weighted by atomic mass is 10.2. The first-order chi connectivity index (χ1) is 7.18. The molecule has 0 rings (SSSR count). The number of carbonyl (C=O) groups is 5. The van der Waals surface area contributed by atoms with Crippen molar-refractivity contribution in [3.05, 3.63) is 0 Å². The van der Waals surface area contributed by atoms with Gasteiger partial charge in [0.1, 0.15) is 0 Å². The topological polar surface area (TPSA) is 146 Å². The summed E-state index contributed by atoms with van der Waals surface area (Å²) in [6.07, 6.45) is -0.865. The number of hydrogen-bond acceptors (Lipinski definition) is 5. The normalized spacial score (nSPS) is 8.31. The van der Waals surface area contributed by atoms with Crippen LogP contribution in [0.2, 0.25) is 0 Å². The van der Waals surface area contributed by atoms with Gasteiger partial charge in [0.25, 0.3) is 0 Å². The maximum absolute atomic E-state index is 10.2. The number of hydrogen-bond donors (Lipinski definition) is 3. The Kier molecular flexibility index (Phi) is 8.19. The van der Waals surface area contributed by atoms with E-state index in [0.717, 1.165) is 6.92 Å². The summed E-state index contributed by atoms with van der Waals surface area (Å²) in [4.78, 5) is 48.6. The molecule has 0 bridgehead atoms. The van der Waals surface area contributed by atoms with Crippen molar-refractivity contribution in [2.75, 3.05) is 0 Å². The van der Waals surface area contributed by atoms with Crippen molar-refractivity contribution in [1.29, 1.82) is 0 Å². The highest BCUT2D eigenvalue weighted by atomic mass is 16.4. The highest BCUT2D eigenvalue weighted by molar-refractivity contribution is 6.32. The van der Waals surface area contributed by atoms with Crippen LogP contribution in [0, 0.1) is 0 Å². The summed E-state index contributed by atoms with van der Waals surface area (Å²) in [7, 11) is 0. The van der Waals surface area contributed by atoms with Crippen molar-refractivity contribution in [3.63, 3.8) is 0 Å². The highest BCUT2D eigenvalue weighted by Crippen LogP contribution is 1.89. The summed E-state index contributed by atoms with van der Waals surface area (Å²) in [5.74, 6) is -6.02. The Bertz CT molecular complexity index is 304. The van der Waals surface area contributed by atoms with E-state index in [0.29, 0.717) is 0 Å². The lowest BCUT2D eigenvalue weighted by Crippen LogP contribution is -2.13. The Morgan fingerprint density at radius 2 is 1.19 bits per heavy atom. The van der Waals surface area contributed by atoms with Gasteiger partial charge in [0.2, 0.25) is 11.6 Å².